The van der Waals surface area contributed by atoms with E-state index in [-0.39, 0.29) is 17.2 Å². The second-order valence-corrected chi connectivity index (χ2v) is 3.44. The van der Waals surface area contributed by atoms with Crippen molar-refractivity contribution in [1.29, 1.82) is 0 Å². The number of nitrogens with two attached hydrogens (primary N) is 2. The third-order valence-corrected chi connectivity index (χ3v) is 2.34. The number of carbonyl (C=O) groups is 1. The summed E-state index contributed by atoms with van der Waals surface area (Å²) in [5.41, 5.74) is 11.3. The minimum atomic E-state index is -0.772. The van der Waals surface area contributed by atoms with Crippen molar-refractivity contribution in [1.82, 2.24) is 9.97 Å². The van der Waals surface area contributed by atoms with Gasteiger partial charge in [-0.05, 0) is 0 Å². The molecule has 1 aliphatic heterocycles. The van der Waals surface area contributed by atoms with Crippen LogP contribution in [0.4, 0.5) is 0 Å². The molecule has 1 aromatic heterocycles. The lowest BCUT2D eigenvalue weighted by atomic mass is 10.1. The van der Waals surface area contributed by atoms with E-state index in [2.05, 4.69) is 15.0 Å². The van der Waals surface area contributed by atoms with E-state index in [1.54, 1.807) is 6.20 Å². The number of hydrogen-bond donors (Lipinski definition) is 4. The number of H-pyrrole nitrogens is 1. The number of aromatic nitrogens is 2. The Labute approximate surface area is 90.9 Å². The van der Waals surface area contributed by atoms with Gasteiger partial charge in [-0.25, -0.2) is 4.98 Å². The van der Waals surface area contributed by atoms with Gasteiger partial charge in [-0.1, -0.05) is 0 Å². The predicted molar refractivity (Wildman–Crippen MR) is 56.6 cm³/mol. The van der Waals surface area contributed by atoms with Gasteiger partial charge in [-0.2, -0.15) is 0 Å². The van der Waals surface area contributed by atoms with Gasteiger partial charge in [0.15, 0.2) is 0 Å². The molecule has 0 bridgehead atoms. The highest BCUT2D eigenvalue weighted by Crippen LogP contribution is 2.20. The average molecular weight is 221 g/mol. The molecular weight excluding hydrogens is 210 g/mol. The largest absolute Gasteiger partial charge is 0.509 e. The minimum Gasteiger partial charge on any atom is -0.509 e. The quantitative estimate of drug-likeness (QED) is 0.520. The molecule has 0 aliphatic carbocycles. The third-order valence-electron chi connectivity index (χ3n) is 2.34. The summed E-state index contributed by atoms with van der Waals surface area (Å²) < 4.78 is 0. The van der Waals surface area contributed by atoms with Gasteiger partial charge in [0, 0.05) is 18.3 Å². The van der Waals surface area contributed by atoms with Crippen molar-refractivity contribution in [3.8, 4) is 0 Å². The fourth-order valence-corrected chi connectivity index (χ4v) is 1.59. The SMILES string of the molecule is NC(=O)C1=C(O)[C@@H](Cc2cnc[nH]2)N=C1N. The predicted octanol–water partition coefficient (Wildman–Crippen LogP) is -1.01. The Morgan fingerprint density at radius 1 is 1.62 bits per heavy atom. The van der Waals surface area contributed by atoms with Crippen LogP contribution in [0.2, 0.25) is 0 Å². The number of hydrogen-bond acceptors (Lipinski definition) is 5. The molecule has 1 aliphatic rings. The van der Waals surface area contributed by atoms with Crippen molar-refractivity contribution in [2.75, 3.05) is 0 Å². The number of amidine groups is 1. The summed E-state index contributed by atoms with van der Waals surface area (Å²) in [4.78, 5) is 21.7. The van der Waals surface area contributed by atoms with E-state index in [1.165, 1.54) is 6.33 Å². The van der Waals surface area contributed by atoms with Crippen LogP contribution >= 0.6 is 0 Å². The van der Waals surface area contributed by atoms with E-state index in [4.69, 9.17) is 11.5 Å². The molecule has 0 spiro atoms. The molecule has 1 atom stereocenters. The lowest BCUT2D eigenvalue weighted by Gasteiger charge is -2.05. The standard InChI is InChI=1S/C9H11N5O2/c10-8-6(9(11)16)7(15)5(14-8)1-4-2-12-3-13-4/h2-3,5,15H,1H2,(H2,10,14)(H2,11,16)(H,12,13)/t5-/m1/s1. The molecule has 0 fully saturated rings. The molecule has 2 heterocycles. The number of aromatic amines is 1. The van der Waals surface area contributed by atoms with Gasteiger partial charge in [0.05, 0.1) is 6.33 Å². The Morgan fingerprint density at radius 3 is 2.88 bits per heavy atom. The summed E-state index contributed by atoms with van der Waals surface area (Å²) in [5, 5.41) is 9.74. The van der Waals surface area contributed by atoms with Crippen LogP contribution in [0, 0.1) is 0 Å². The molecule has 7 nitrogen and oxygen atoms in total. The highest BCUT2D eigenvalue weighted by Gasteiger charge is 2.30. The summed E-state index contributed by atoms with van der Waals surface area (Å²) in [7, 11) is 0. The second kappa shape index (κ2) is 3.69. The molecule has 16 heavy (non-hydrogen) atoms. The zero-order chi connectivity index (χ0) is 11.7. The van der Waals surface area contributed by atoms with E-state index in [0.717, 1.165) is 5.69 Å². The van der Waals surface area contributed by atoms with Gasteiger partial charge in [-0.15, -0.1) is 0 Å². The number of aliphatic hydroxyl groups is 1. The van der Waals surface area contributed by atoms with E-state index in [9.17, 15) is 9.90 Å². The molecule has 0 radical (unpaired) electrons. The molecule has 2 rings (SSSR count). The maximum atomic E-state index is 11.0. The van der Waals surface area contributed by atoms with Crippen molar-refractivity contribution in [2.45, 2.75) is 12.5 Å². The number of carbonyl (C=O) groups excluding carboxylic acids is 1. The second-order valence-electron chi connectivity index (χ2n) is 3.44. The summed E-state index contributed by atoms with van der Waals surface area (Å²) in [6, 6.07) is -0.567. The van der Waals surface area contributed by atoms with Crippen molar-refractivity contribution >= 4 is 11.7 Å². The van der Waals surface area contributed by atoms with E-state index < -0.39 is 11.9 Å². The summed E-state index contributed by atoms with van der Waals surface area (Å²) in [6.45, 7) is 0. The number of imidazole rings is 1. The fourth-order valence-electron chi connectivity index (χ4n) is 1.59. The summed E-state index contributed by atoms with van der Waals surface area (Å²) >= 11 is 0. The van der Waals surface area contributed by atoms with Crippen LogP contribution in [0.3, 0.4) is 0 Å². The Kier molecular flexibility index (Phi) is 2.35. The number of amides is 1. The van der Waals surface area contributed by atoms with Crippen molar-refractivity contribution in [3.63, 3.8) is 0 Å². The summed E-state index contributed by atoms with van der Waals surface area (Å²) in [5.74, 6) is -0.972. The van der Waals surface area contributed by atoms with Crippen LogP contribution in [0.5, 0.6) is 0 Å². The van der Waals surface area contributed by atoms with Crippen LogP contribution < -0.4 is 11.5 Å². The number of nitrogens with one attached hydrogen (secondary N) is 1. The van der Waals surface area contributed by atoms with Crippen molar-refractivity contribution < 1.29 is 9.90 Å². The number of aliphatic hydroxyl groups excluding tert-OH is 1. The van der Waals surface area contributed by atoms with Gasteiger partial charge in [0.2, 0.25) is 0 Å². The molecule has 0 aromatic carbocycles. The minimum absolute atomic E-state index is 0.0190. The van der Waals surface area contributed by atoms with E-state index in [1.807, 2.05) is 0 Å². The van der Waals surface area contributed by atoms with Crippen LogP contribution in [0.15, 0.2) is 28.8 Å². The Bertz CT molecular complexity index is 474. The van der Waals surface area contributed by atoms with Gasteiger partial charge >= 0.3 is 0 Å². The molecule has 6 N–H and O–H groups in total. The lowest BCUT2D eigenvalue weighted by Crippen LogP contribution is -2.25. The molecular formula is C9H11N5O2. The number of aliphatic imine (C=N–C) groups is 1. The average Bonchev–Trinajstić information content (AvgIpc) is 2.76. The van der Waals surface area contributed by atoms with Crippen LogP contribution in [0.1, 0.15) is 5.69 Å². The van der Waals surface area contributed by atoms with Crippen LogP contribution in [0.25, 0.3) is 0 Å². The van der Waals surface area contributed by atoms with Crippen LogP contribution in [-0.4, -0.2) is 32.9 Å². The van der Waals surface area contributed by atoms with Crippen molar-refractivity contribution in [2.24, 2.45) is 16.5 Å². The number of rotatable bonds is 3. The smallest absolute Gasteiger partial charge is 0.255 e. The fraction of sp³-hybridized carbons (Fsp3) is 0.222. The Balaban J connectivity index is 2.23. The highest BCUT2D eigenvalue weighted by atomic mass is 16.3. The number of primary amides is 1. The summed E-state index contributed by atoms with van der Waals surface area (Å²) in [6.07, 6.45) is 3.53. The van der Waals surface area contributed by atoms with E-state index >= 15 is 0 Å². The van der Waals surface area contributed by atoms with Gasteiger partial charge < -0.3 is 21.6 Å². The monoisotopic (exact) mass is 221 g/mol. The topological polar surface area (TPSA) is 130 Å². The first-order valence-electron chi connectivity index (χ1n) is 4.63. The zero-order valence-electron chi connectivity index (χ0n) is 8.34. The molecule has 0 saturated carbocycles. The zero-order valence-corrected chi connectivity index (χ0v) is 8.34. The Hall–Kier alpha value is -2.31. The highest BCUT2D eigenvalue weighted by molar-refractivity contribution is 6.21. The first-order valence-corrected chi connectivity index (χ1v) is 4.63. The normalized spacial score (nSPS) is 20.0. The van der Waals surface area contributed by atoms with Crippen molar-refractivity contribution in [3.05, 3.63) is 29.6 Å². The molecule has 0 saturated heterocycles. The van der Waals surface area contributed by atoms with Crippen LogP contribution in [-0.2, 0) is 11.2 Å². The molecule has 1 aromatic rings. The van der Waals surface area contributed by atoms with E-state index in [0.29, 0.717) is 6.42 Å². The number of nitrogens with zero attached hydrogens (tertiary/aromatic N) is 2. The third kappa shape index (κ3) is 1.62. The Morgan fingerprint density at radius 2 is 2.38 bits per heavy atom. The lowest BCUT2D eigenvalue weighted by molar-refractivity contribution is -0.114. The van der Waals surface area contributed by atoms with Gasteiger partial charge in [0.1, 0.15) is 23.2 Å². The maximum Gasteiger partial charge on any atom is 0.255 e. The van der Waals surface area contributed by atoms with Gasteiger partial charge in [-0.3, -0.25) is 9.79 Å². The molecule has 7 heteroatoms. The molecule has 1 amide bonds. The van der Waals surface area contributed by atoms with Gasteiger partial charge in [0.25, 0.3) is 5.91 Å². The molecule has 84 valence electrons. The molecule has 0 unspecified atom stereocenters. The maximum absolute atomic E-state index is 11.0. The first-order chi connectivity index (χ1) is 7.59. The first kappa shape index (κ1) is 10.2.